The Morgan fingerprint density at radius 3 is 2.15 bits per heavy atom. The van der Waals surface area contributed by atoms with Crippen LogP contribution in [-0.4, -0.2) is 12.6 Å². The lowest BCUT2D eigenvalue weighted by Gasteiger charge is -2.17. The van der Waals surface area contributed by atoms with Crippen LogP contribution in [0.2, 0.25) is 0 Å². The van der Waals surface area contributed by atoms with E-state index in [0.29, 0.717) is 0 Å². The Labute approximate surface area is 84.3 Å². The number of hydrogen-bond donors (Lipinski definition) is 1. The predicted octanol–water partition coefficient (Wildman–Crippen LogP) is 3.74. The van der Waals surface area contributed by atoms with Crippen LogP contribution >= 0.6 is 0 Å². The topological polar surface area (TPSA) is 12.0 Å². The molecular weight excluding hydrogens is 158 g/mol. The lowest BCUT2D eigenvalue weighted by molar-refractivity contribution is 0.431. The van der Waals surface area contributed by atoms with E-state index in [-0.39, 0.29) is 0 Å². The van der Waals surface area contributed by atoms with Crippen LogP contribution in [0.5, 0.6) is 0 Å². The fourth-order valence-corrected chi connectivity index (χ4v) is 1.69. The van der Waals surface area contributed by atoms with E-state index in [1.807, 2.05) is 0 Å². The third-order valence-corrected chi connectivity index (χ3v) is 2.48. The van der Waals surface area contributed by atoms with Gasteiger partial charge >= 0.3 is 0 Å². The van der Waals surface area contributed by atoms with Crippen LogP contribution in [0.15, 0.2) is 0 Å². The largest absolute Gasteiger partial charge is 0.314 e. The highest BCUT2D eigenvalue weighted by atomic mass is 14.9. The average molecular weight is 185 g/mol. The molecule has 0 heterocycles. The Morgan fingerprint density at radius 2 is 1.62 bits per heavy atom. The SMILES string of the molecule is CCCCCC(CCC)NCCC. The van der Waals surface area contributed by atoms with Gasteiger partial charge in [-0.15, -0.1) is 0 Å². The number of nitrogens with one attached hydrogen (secondary N) is 1. The van der Waals surface area contributed by atoms with Crippen molar-refractivity contribution in [2.45, 2.75) is 71.8 Å². The van der Waals surface area contributed by atoms with E-state index in [4.69, 9.17) is 0 Å². The van der Waals surface area contributed by atoms with Gasteiger partial charge in [0.15, 0.2) is 0 Å². The Morgan fingerprint density at radius 1 is 0.846 bits per heavy atom. The molecule has 1 heteroatoms. The molecule has 1 N–H and O–H groups in total. The molecule has 13 heavy (non-hydrogen) atoms. The van der Waals surface area contributed by atoms with Crippen molar-refractivity contribution >= 4 is 0 Å². The van der Waals surface area contributed by atoms with Crippen LogP contribution in [0.4, 0.5) is 0 Å². The fraction of sp³-hybridized carbons (Fsp3) is 1.00. The standard InChI is InChI=1S/C12H27N/c1-4-7-8-10-12(9-5-2)13-11-6-3/h12-13H,4-11H2,1-3H3. The average Bonchev–Trinajstić information content (AvgIpc) is 2.14. The first-order chi connectivity index (χ1) is 6.35. The van der Waals surface area contributed by atoms with Gasteiger partial charge in [-0.25, -0.2) is 0 Å². The van der Waals surface area contributed by atoms with Crippen molar-refractivity contribution in [3.63, 3.8) is 0 Å². The molecule has 0 aliphatic carbocycles. The Kier molecular flexibility index (Phi) is 10.0. The quantitative estimate of drug-likeness (QED) is 0.540. The molecule has 0 aliphatic heterocycles. The fourth-order valence-electron chi connectivity index (χ4n) is 1.69. The van der Waals surface area contributed by atoms with Crippen LogP contribution < -0.4 is 5.32 Å². The molecule has 0 aromatic rings. The van der Waals surface area contributed by atoms with Crippen molar-refractivity contribution in [1.29, 1.82) is 0 Å². The van der Waals surface area contributed by atoms with Crippen LogP contribution in [0, 0.1) is 0 Å². The highest BCUT2D eigenvalue weighted by Crippen LogP contribution is 2.08. The molecule has 0 aromatic heterocycles. The molecule has 0 spiro atoms. The maximum Gasteiger partial charge on any atom is 0.00669 e. The van der Waals surface area contributed by atoms with Crippen molar-refractivity contribution in [1.82, 2.24) is 5.32 Å². The first-order valence-corrected chi connectivity index (χ1v) is 6.08. The van der Waals surface area contributed by atoms with Gasteiger partial charge in [0.1, 0.15) is 0 Å². The summed E-state index contributed by atoms with van der Waals surface area (Å²) < 4.78 is 0. The first kappa shape index (κ1) is 13.0. The summed E-state index contributed by atoms with van der Waals surface area (Å²) in [7, 11) is 0. The van der Waals surface area contributed by atoms with Gasteiger partial charge in [-0.05, 0) is 25.8 Å². The Hall–Kier alpha value is -0.0400. The van der Waals surface area contributed by atoms with Gasteiger partial charge in [0.2, 0.25) is 0 Å². The summed E-state index contributed by atoms with van der Waals surface area (Å²) in [6.07, 6.45) is 9.44. The van der Waals surface area contributed by atoms with E-state index in [2.05, 4.69) is 26.1 Å². The summed E-state index contributed by atoms with van der Waals surface area (Å²) in [5, 5.41) is 3.63. The zero-order valence-electron chi connectivity index (χ0n) is 9.73. The maximum atomic E-state index is 3.63. The second-order valence-corrected chi connectivity index (χ2v) is 3.94. The van der Waals surface area contributed by atoms with E-state index in [1.165, 1.54) is 51.5 Å². The maximum absolute atomic E-state index is 3.63. The molecule has 1 unspecified atom stereocenters. The van der Waals surface area contributed by atoms with Gasteiger partial charge in [0.05, 0.1) is 0 Å². The lowest BCUT2D eigenvalue weighted by atomic mass is 10.0. The van der Waals surface area contributed by atoms with Gasteiger partial charge in [-0.2, -0.15) is 0 Å². The molecular formula is C12H27N. The minimum absolute atomic E-state index is 0.788. The van der Waals surface area contributed by atoms with Gasteiger partial charge in [0.25, 0.3) is 0 Å². The molecule has 1 atom stereocenters. The second-order valence-electron chi connectivity index (χ2n) is 3.94. The molecule has 0 fully saturated rings. The third-order valence-electron chi connectivity index (χ3n) is 2.48. The van der Waals surface area contributed by atoms with Gasteiger partial charge < -0.3 is 5.32 Å². The van der Waals surface area contributed by atoms with E-state index in [0.717, 1.165) is 6.04 Å². The molecule has 0 aromatic carbocycles. The van der Waals surface area contributed by atoms with Crippen LogP contribution in [0.25, 0.3) is 0 Å². The molecule has 0 bridgehead atoms. The highest BCUT2D eigenvalue weighted by molar-refractivity contribution is 4.65. The molecule has 0 amide bonds. The minimum atomic E-state index is 0.788. The molecule has 80 valence electrons. The van der Waals surface area contributed by atoms with Gasteiger partial charge in [-0.1, -0.05) is 46.5 Å². The monoisotopic (exact) mass is 185 g/mol. The van der Waals surface area contributed by atoms with E-state index >= 15 is 0 Å². The van der Waals surface area contributed by atoms with Gasteiger partial charge in [0, 0.05) is 6.04 Å². The zero-order chi connectivity index (χ0) is 9.94. The van der Waals surface area contributed by atoms with Crippen molar-refractivity contribution in [2.24, 2.45) is 0 Å². The summed E-state index contributed by atoms with van der Waals surface area (Å²) in [5.41, 5.74) is 0. The molecule has 0 aliphatic rings. The molecule has 0 rings (SSSR count). The molecule has 0 saturated heterocycles. The van der Waals surface area contributed by atoms with Crippen molar-refractivity contribution < 1.29 is 0 Å². The molecule has 0 radical (unpaired) electrons. The molecule has 1 nitrogen and oxygen atoms in total. The van der Waals surface area contributed by atoms with Crippen LogP contribution in [0.3, 0.4) is 0 Å². The summed E-state index contributed by atoms with van der Waals surface area (Å²) >= 11 is 0. The highest BCUT2D eigenvalue weighted by Gasteiger charge is 2.04. The number of hydrogen-bond acceptors (Lipinski definition) is 1. The minimum Gasteiger partial charge on any atom is -0.314 e. The van der Waals surface area contributed by atoms with Gasteiger partial charge in [-0.3, -0.25) is 0 Å². The smallest absolute Gasteiger partial charge is 0.00669 e. The van der Waals surface area contributed by atoms with Crippen molar-refractivity contribution in [3.8, 4) is 0 Å². The Balaban J connectivity index is 3.41. The van der Waals surface area contributed by atoms with Crippen molar-refractivity contribution in [2.75, 3.05) is 6.54 Å². The van der Waals surface area contributed by atoms with Crippen molar-refractivity contribution in [3.05, 3.63) is 0 Å². The number of rotatable bonds is 9. The number of unbranched alkanes of at least 4 members (excludes halogenated alkanes) is 2. The second kappa shape index (κ2) is 10.0. The summed E-state index contributed by atoms with van der Waals surface area (Å²) in [6, 6.07) is 0.788. The third kappa shape index (κ3) is 8.29. The lowest BCUT2D eigenvalue weighted by Crippen LogP contribution is -2.29. The van der Waals surface area contributed by atoms with E-state index in [9.17, 15) is 0 Å². The van der Waals surface area contributed by atoms with E-state index < -0.39 is 0 Å². The summed E-state index contributed by atoms with van der Waals surface area (Å²) in [4.78, 5) is 0. The van der Waals surface area contributed by atoms with E-state index in [1.54, 1.807) is 0 Å². The zero-order valence-corrected chi connectivity index (χ0v) is 9.73. The first-order valence-electron chi connectivity index (χ1n) is 6.08. The predicted molar refractivity (Wildman–Crippen MR) is 61.1 cm³/mol. The summed E-state index contributed by atoms with van der Waals surface area (Å²) in [6.45, 7) is 7.98. The normalized spacial score (nSPS) is 13.2. The molecule has 0 saturated carbocycles. The van der Waals surface area contributed by atoms with Crippen LogP contribution in [0.1, 0.15) is 65.7 Å². The Bertz CT molecular complexity index is 91.1. The van der Waals surface area contributed by atoms with Crippen LogP contribution in [-0.2, 0) is 0 Å². The summed E-state index contributed by atoms with van der Waals surface area (Å²) in [5.74, 6) is 0.